The van der Waals surface area contributed by atoms with Gasteiger partial charge in [-0.15, -0.1) is 0 Å². The molecule has 0 amide bonds. The molecular weight excluding hydrogens is 241 g/mol. The topological polar surface area (TPSA) is 32.6 Å². The lowest BCUT2D eigenvalue weighted by molar-refractivity contribution is 0.321. The van der Waals surface area contributed by atoms with Gasteiger partial charge in [0.25, 0.3) is 0 Å². The van der Waals surface area contributed by atoms with Crippen molar-refractivity contribution in [2.24, 2.45) is 5.16 Å². The predicted molar refractivity (Wildman–Crippen MR) is 53.1 cm³/mol. The summed E-state index contributed by atoms with van der Waals surface area (Å²) < 4.78 is 0.916. The van der Waals surface area contributed by atoms with Crippen molar-refractivity contribution >= 4 is 32.7 Å². The zero-order chi connectivity index (χ0) is 9.14. The van der Waals surface area contributed by atoms with Gasteiger partial charge in [0.2, 0.25) is 0 Å². The lowest BCUT2D eigenvalue weighted by Crippen LogP contribution is -1.91. The van der Waals surface area contributed by atoms with Crippen LogP contribution in [-0.2, 0) is 0 Å². The van der Waals surface area contributed by atoms with Gasteiger partial charge in [-0.2, -0.15) is 0 Å². The van der Waals surface area contributed by atoms with Crippen molar-refractivity contribution in [1.29, 1.82) is 0 Å². The van der Waals surface area contributed by atoms with Gasteiger partial charge in [0, 0.05) is 10.0 Å². The van der Waals surface area contributed by atoms with Crippen LogP contribution in [0.2, 0.25) is 0 Å². The molecule has 0 spiro atoms. The van der Waals surface area contributed by atoms with Gasteiger partial charge in [-0.3, -0.25) is 0 Å². The van der Waals surface area contributed by atoms with Gasteiger partial charge in [0.1, 0.15) is 0 Å². The van der Waals surface area contributed by atoms with Crippen molar-refractivity contribution in [3.8, 4) is 0 Å². The van der Waals surface area contributed by atoms with Crippen LogP contribution in [0.25, 0.3) is 0 Å². The average molecular weight is 249 g/mol. The fourth-order valence-corrected chi connectivity index (χ4v) is 1.63. The third-order valence-electron chi connectivity index (χ3n) is 1.37. The van der Waals surface area contributed by atoms with Crippen LogP contribution in [-0.4, -0.2) is 10.4 Å². The van der Waals surface area contributed by atoms with Gasteiger partial charge < -0.3 is 5.21 Å². The van der Waals surface area contributed by atoms with Gasteiger partial charge in [0.15, 0.2) is 5.17 Å². The maximum atomic E-state index is 8.41. The summed E-state index contributed by atoms with van der Waals surface area (Å²) in [5, 5.41) is 11.4. The molecule has 0 fully saturated rings. The van der Waals surface area contributed by atoms with Gasteiger partial charge in [-0.25, -0.2) is 0 Å². The molecule has 0 bridgehead atoms. The number of hydrogen-bond donors (Lipinski definition) is 1. The summed E-state index contributed by atoms with van der Waals surface area (Å²) in [6.07, 6.45) is 0. The van der Waals surface area contributed by atoms with Gasteiger partial charge in [0.05, 0.1) is 0 Å². The van der Waals surface area contributed by atoms with Crippen LogP contribution in [0.5, 0.6) is 0 Å². The molecule has 1 aromatic carbocycles. The van der Waals surface area contributed by atoms with E-state index >= 15 is 0 Å². The van der Waals surface area contributed by atoms with Crippen LogP contribution < -0.4 is 0 Å². The first-order chi connectivity index (χ1) is 5.63. The highest BCUT2D eigenvalue weighted by atomic mass is 79.9. The second-order valence-corrected chi connectivity index (χ2v) is 3.68. The summed E-state index contributed by atoms with van der Waals surface area (Å²) in [5.41, 5.74) is 1.76. The molecular formula is C8H7BrClNO. The number of nitrogens with zero attached hydrogens (tertiary/aromatic N) is 1. The number of aryl methyl sites for hydroxylation is 1. The van der Waals surface area contributed by atoms with Gasteiger partial charge >= 0.3 is 0 Å². The maximum absolute atomic E-state index is 8.41. The summed E-state index contributed by atoms with van der Waals surface area (Å²) in [4.78, 5) is 0. The van der Waals surface area contributed by atoms with E-state index in [2.05, 4.69) is 21.1 Å². The van der Waals surface area contributed by atoms with E-state index in [0.717, 1.165) is 10.0 Å². The van der Waals surface area contributed by atoms with Crippen molar-refractivity contribution in [2.45, 2.75) is 6.92 Å². The van der Waals surface area contributed by atoms with E-state index in [1.165, 1.54) is 0 Å². The Morgan fingerprint density at radius 2 is 2.17 bits per heavy atom. The molecule has 0 saturated carbocycles. The number of benzene rings is 1. The maximum Gasteiger partial charge on any atom is 0.175 e. The number of oxime groups is 1. The summed E-state index contributed by atoms with van der Waals surface area (Å²) in [5.74, 6) is 0. The van der Waals surface area contributed by atoms with Gasteiger partial charge in [-0.05, 0) is 30.7 Å². The first-order valence-corrected chi connectivity index (χ1v) is 4.45. The Labute approximate surface area is 84.0 Å². The molecule has 0 aliphatic rings. The Balaban J connectivity index is 3.17. The Morgan fingerprint density at radius 3 is 2.67 bits per heavy atom. The van der Waals surface area contributed by atoms with Crippen molar-refractivity contribution in [3.63, 3.8) is 0 Å². The predicted octanol–water partition coefficient (Wildman–Crippen LogP) is 3.13. The minimum atomic E-state index is 0.0967. The van der Waals surface area contributed by atoms with E-state index in [9.17, 15) is 0 Å². The van der Waals surface area contributed by atoms with Crippen molar-refractivity contribution in [1.82, 2.24) is 0 Å². The highest BCUT2D eigenvalue weighted by molar-refractivity contribution is 9.10. The van der Waals surface area contributed by atoms with E-state index in [-0.39, 0.29) is 5.17 Å². The molecule has 4 heteroatoms. The SMILES string of the molecule is Cc1cc(Br)cc(/C(Cl)=N/O)c1. The molecule has 1 N–H and O–H groups in total. The lowest BCUT2D eigenvalue weighted by atomic mass is 10.1. The van der Waals surface area contributed by atoms with E-state index in [1.807, 2.05) is 19.1 Å². The molecule has 64 valence electrons. The molecule has 1 aromatic rings. The summed E-state index contributed by atoms with van der Waals surface area (Å²) in [6.45, 7) is 1.94. The normalized spacial score (nSPS) is 11.8. The van der Waals surface area contributed by atoms with Crippen molar-refractivity contribution < 1.29 is 5.21 Å². The van der Waals surface area contributed by atoms with Crippen LogP contribution in [0.15, 0.2) is 27.8 Å². The quantitative estimate of drug-likeness (QED) is 0.462. The first kappa shape index (κ1) is 9.55. The fourth-order valence-electron chi connectivity index (χ4n) is 0.913. The van der Waals surface area contributed by atoms with E-state index in [0.29, 0.717) is 5.56 Å². The smallest absolute Gasteiger partial charge is 0.175 e. The average Bonchev–Trinajstić information content (AvgIpc) is 2.01. The summed E-state index contributed by atoms with van der Waals surface area (Å²) in [6, 6.07) is 5.58. The molecule has 0 unspecified atom stereocenters. The molecule has 1 rings (SSSR count). The zero-order valence-corrected chi connectivity index (χ0v) is 8.72. The molecule has 0 heterocycles. The number of hydrogen-bond acceptors (Lipinski definition) is 2. The third-order valence-corrected chi connectivity index (χ3v) is 2.12. The summed E-state index contributed by atoms with van der Waals surface area (Å²) in [7, 11) is 0. The third kappa shape index (κ3) is 2.22. The molecule has 0 atom stereocenters. The van der Waals surface area contributed by atoms with E-state index in [4.69, 9.17) is 16.8 Å². The second-order valence-electron chi connectivity index (χ2n) is 2.41. The monoisotopic (exact) mass is 247 g/mol. The first-order valence-electron chi connectivity index (χ1n) is 3.28. The number of halogens is 2. The highest BCUT2D eigenvalue weighted by Crippen LogP contribution is 2.16. The molecule has 12 heavy (non-hydrogen) atoms. The van der Waals surface area contributed by atoms with E-state index < -0.39 is 0 Å². The standard InChI is InChI=1S/C8H7BrClNO/c1-5-2-6(8(10)11-12)4-7(9)3-5/h2-4,12H,1H3/b11-8-. The Hall–Kier alpha value is -0.540. The Kier molecular flexibility index (Phi) is 3.12. The minimum absolute atomic E-state index is 0.0967. The van der Waals surface area contributed by atoms with Crippen LogP contribution in [0, 0.1) is 6.92 Å². The fraction of sp³-hybridized carbons (Fsp3) is 0.125. The summed E-state index contributed by atoms with van der Waals surface area (Å²) >= 11 is 8.93. The largest absolute Gasteiger partial charge is 0.410 e. The molecule has 0 aromatic heterocycles. The van der Waals surface area contributed by atoms with Crippen LogP contribution >= 0.6 is 27.5 Å². The van der Waals surface area contributed by atoms with Crippen molar-refractivity contribution in [2.75, 3.05) is 0 Å². The zero-order valence-electron chi connectivity index (χ0n) is 6.38. The Morgan fingerprint density at radius 1 is 1.50 bits per heavy atom. The van der Waals surface area contributed by atoms with E-state index in [1.54, 1.807) is 6.07 Å². The van der Waals surface area contributed by atoms with Crippen molar-refractivity contribution in [3.05, 3.63) is 33.8 Å². The molecule has 0 aliphatic heterocycles. The van der Waals surface area contributed by atoms with Crippen LogP contribution in [0.1, 0.15) is 11.1 Å². The van der Waals surface area contributed by atoms with Gasteiger partial charge in [-0.1, -0.05) is 32.7 Å². The minimum Gasteiger partial charge on any atom is -0.410 e. The highest BCUT2D eigenvalue weighted by Gasteiger charge is 2.01. The second kappa shape index (κ2) is 3.92. The molecule has 0 radical (unpaired) electrons. The van der Waals surface area contributed by atoms with Crippen LogP contribution in [0.4, 0.5) is 0 Å². The molecule has 2 nitrogen and oxygen atoms in total. The van der Waals surface area contributed by atoms with Crippen LogP contribution in [0.3, 0.4) is 0 Å². The Bertz CT molecular complexity index is 305. The molecule has 0 saturated heterocycles. The molecule has 0 aliphatic carbocycles. The lowest BCUT2D eigenvalue weighted by Gasteiger charge is -1.99. The number of rotatable bonds is 1.